The number of rotatable bonds is 5. The highest BCUT2D eigenvalue weighted by molar-refractivity contribution is 6.30. The number of ether oxygens (including phenoxy) is 1. The van der Waals surface area contributed by atoms with E-state index in [1.807, 2.05) is 49.6 Å². The maximum Gasteiger partial charge on any atom is 0.177 e. The molecule has 26 heavy (non-hydrogen) atoms. The number of nitrogens with two attached hydrogens (primary N) is 1. The van der Waals surface area contributed by atoms with Gasteiger partial charge in [-0.3, -0.25) is 0 Å². The van der Waals surface area contributed by atoms with Gasteiger partial charge in [-0.05, 0) is 63.2 Å². The van der Waals surface area contributed by atoms with Crippen LogP contribution in [-0.4, -0.2) is 14.8 Å². The molecule has 1 heterocycles. The lowest BCUT2D eigenvalue weighted by Crippen LogP contribution is -2.30. The molecule has 1 aromatic heterocycles. The average molecular weight is 375 g/mol. The summed E-state index contributed by atoms with van der Waals surface area (Å²) in [5, 5.41) is 8.93. The Bertz CT molecular complexity index is 922. The molecule has 0 saturated carbocycles. The number of aromatic nitrogens is 3. The zero-order chi connectivity index (χ0) is 18.9. The summed E-state index contributed by atoms with van der Waals surface area (Å²) < 4.78 is 22.0. The Morgan fingerprint density at radius 3 is 2.46 bits per heavy atom. The zero-order valence-corrected chi connectivity index (χ0v) is 15.6. The van der Waals surface area contributed by atoms with Crippen molar-refractivity contribution in [2.75, 3.05) is 5.73 Å². The SMILES string of the molecule is CCn1c(-c2ccc(N)cc2)nnc1C(C)(C)Oc1ccc(Cl)cc1F. The first-order valence-electron chi connectivity index (χ1n) is 8.25. The van der Waals surface area contributed by atoms with Crippen LogP contribution in [-0.2, 0) is 12.1 Å². The maximum atomic E-state index is 14.1. The Kier molecular flexibility index (Phi) is 4.87. The first-order chi connectivity index (χ1) is 12.3. The van der Waals surface area contributed by atoms with Crippen LogP contribution >= 0.6 is 11.6 Å². The number of anilines is 1. The van der Waals surface area contributed by atoms with Crippen molar-refractivity contribution in [2.24, 2.45) is 0 Å². The van der Waals surface area contributed by atoms with Crippen LogP contribution in [0.2, 0.25) is 5.02 Å². The van der Waals surface area contributed by atoms with Gasteiger partial charge in [0.1, 0.15) is 0 Å². The first-order valence-corrected chi connectivity index (χ1v) is 8.63. The monoisotopic (exact) mass is 374 g/mol. The van der Waals surface area contributed by atoms with Crippen LogP contribution in [0.3, 0.4) is 0 Å². The second-order valence-electron chi connectivity index (χ2n) is 6.40. The Morgan fingerprint density at radius 2 is 1.85 bits per heavy atom. The van der Waals surface area contributed by atoms with E-state index in [-0.39, 0.29) is 5.75 Å². The summed E-state index contributed by atoms with van der Waals surface area (Å²) in [6.45, 7) is 6.28. The lowest BCUT2D eigenvalue weighted by Gasteiger charge is -2.26. The van der Waals surface area contributed by atoms with Crippen molar-refractivity contribution in [3.63, 3.8) is 0 Å². The quantitative estimate of drug-likeness (QED) is 0.660. The summed E-state index contributed by atoms with van der Waals surface area (Å²) in [6, 6.07) is 11.7. The van der Waals surface area contributed by atoms with Gasteiger partial charge < -0.3 is 15.0 Å². The summed E-state index contributed by atoms with van der Waals surface area (Å²) in [6.07, 6.45) is 0. The van der Waals surface area contributed by atoms with Gasteiger partial charge in [0, 0.05) is 22.8 Å². The fourth-order valence-corrected chi connectivity index (χ4v) is 2.93. The third-order valence-electron chi connectivity index (χ3n) is 4.03. The van der Waals surface area contributed by atoms with E-state index in [0.717, 1.165) is 5.56 Å². The summed E-state index contributed by atoms with van der Waals surface area (Å²) in [5.41, 5.74) is 6.43. The Labute approximate surface area is 156 Å². The summed E-state index contributed by atoms with van der Waals surface area (Å²) in [5.74, 6) is 0.892. The lowest BCUT2D eigenvalue weighted by molar-refractivity contribution is 0.0885. The fourth-order valence-electron chi connectivity index (χ4n) is 2.77. The van der Waals surface area contributed by atoms with Crippen LogP contribution in [0.4, 0.5) is 10.1 Å². The van der Waals surface area contributed by atoms with Crippen LogP contribution in [0.5, 0.6) is 5.75 Å². The molecule has 0 bridgehead atoms. The van der Waals surface area contributed by atoms with E-state index in [4.69, 9.17) is 22.1 Å². The topological polar surface area (TPSA) is 66.0 Å². The van der Waals surface area contributed by atoms with Gasteiger partial charge in [0.25, 0.3) is 0 Å². The van der Waals surface area contributed by atoms with Crippen LogP contribution < -0.4 is 10.5 Å². The predicted octanol–water partition coefficient (Wildman–Crippen LogP) is 4.65. The highest BCUT2D eigenvalue weighted by atomic mass is 35.5. The molecule has 0 saturated heterocycles. The van der Waals surface area contributed by atoms with Gasteiger partial charge in [-0.25, -0.2) is 4.39 Å². The van der Waals surface area contributed by atoms with Crippen molar-refractivity contribution in [1.29, 1.82) is 0 Å². The normalized spacial score (nSPS) is 11.6. The molecule has 5 nitrogen and oxygen atoms in total. The Morgan fingerprint density at radius 1 is 1.15 bits per heavy atom. The molecule has 0 aliphatic rings. The summed E-state index contributed by atoms with van der Waals surface area (Å²) >= 11 is 5.80. The van der Waals surface area contributed by atoms with Crippen LogP contribution in [0.25, 0.3) is 11.4 Å². The number of nitrogens with zero attached hydrogens (tertiary/aromatic N) is 3. The largest absolute Gasteiger partial charge is 0.477 e. The molecule has 0 radical (unpaired) electrons. The molecule has 2 N–H and O–H groups in total. The van der Waals surface area contributed by atoms with E-state index in [0.29, 0.717) is 28.9 Å². The molecule has 2 aromatic carbocycles. The standard InChI is InChI=1S/C19H20ClFN4O/c1-4-25-17(12-5-8-14(22)9-6-12)23-24-18(25)19(2,3)26-16-10-7-13(20)11-15(16)21/h5-11H,4,22H2,1-3H3. The molecule has 0 aliphatic heterocycles. The minimum Gasteiger partial charge on any atom is -0.477 e. The van der Waals surface area contributed by atoms with E-state index in [2.05, 4.69) is 10.2 Å². The number of halogens is 2. The first kappa shape index (κ1) is 18.2. The summed E-state index contributed by atoms with van der Waals surface area (Å²) in [7, 11) is 0. The lowest BCUT2D eigenvalue weighted by atomic mass is 10.1. The van der Waals surface area contributed by atoms with Crippen LogP contribution in [0.15, 0.2) is 42.5 Å². The molecule has 3 aromatic rings. The third kappa shape index (κ3) is 3.51. The van der Waals surface area contributed by atoms with E-state index in [1.165, 1.54) is 12.1 Å². The zero-order valence-electron chi connectivity index (χ0n) is 14.8. The van der Waals surface area contributed by atoms with Gasteiger partial charge in [-0.1, -0.05) is 11.6 Å². The van der Waals surface area contributed by atoms with E-state index >= 15 is 0 Å². The second-order valence-corrected chi connectivity index (χ2v) is 6.84. The minimum absolute atomic E-state index is 0.110. The van der Waals surface area contributed by atoms with Crippen LogP contribution in [0, 0.1) is 5.82 Å². The third-order valence-corrected chi connectivity index (χ3v) is 4.27. The maximum absolute atomic E-state index is 14.1. The molecular weight excluding hydrogens is 355 g/mol. The molecule has 0 fully saturated rings. The average Bonchev–Trinajstić information content (AvgIpc) is 3.03. The Hall–Kier alpha value is -2.60. The van der Waals surface area contributed by atoms with E-state index in [9.17, 15) is 4.39 Å². The minimum atomic E-state index is -0.899. The number of benzene rings is 2. The predicted molar refractivity (Wildman–Crippen MR) is 101 cm³/mol. The van der Waals surface area contributed by atoms with Gasteiger partial charge in [-0.2, -0.15) is 0 Å². The molecule has 0 unspecified atom stereocenters. The molecule has 136 valence electrons. The molecule has 7 heteroatoms. The van der Waals surface area contributed by atoms with E-state index in [1.54, 1.807) is 6.07 Å². The number of nitrogen functional groups attached to an aromatic ring is 1. The molecule has 0 aliphatic carbocycles. The molecule has 0 spiro atoms. The van der Waals surface area contributed by atoms with Crippen molar-refractivity contribution < 1.29 is 9.13 Å². The number of hydrogen-bond donors (Lipinski definition) is 1. The molecule has 3 rings (SSSR count). The molecule has 0 atom stereocenters. The van der Waals surface area contributed by atoms with Gasteiger partial charge in [0.15, 0.2) is 28.8 Å². The number of hydrogen-bond acceptors (Lipinski definition) is 4. The van der Waals surface area contributed by atoms with Crippen molar-refractivity contribution in [3.8, 4) is 17.1 Å². The van der Waals surface area contributed by atoms with E-state index < -0.39 is 11.4 Å². The second kappa shape index (κ2) is 6.96. The highest BCUT2D eigenvalue weighted by Crippen LogP contribution is 2.31. The molecule has 0 amide bonds. The van der Waals surface area contributed by atoms with Gasteiger partial charge >= 0.3 is 0 Å². The van der Waals surface area contributed by atoms with Gasteiger partial charge in [0.05, 0.1) is 0 Å². The van der Waals surface area contributed by atoms with Gasteiger partial charge in [-0.15, -0.1) is 10.2 Å². The molecular formula is C19H20ClFN4O. The van der Waals surface area contributed by atoms with Crippen molar-refractivity contribution >= 4 is 17.3 Å². The fraction of sp³-hybridized carbons (Fsp3) is 0.263. The smallest absolute Gasteiger partial charge is 0.177 e. The van der Waals surface area contributed by atoms with Crippen molar-refractivity contribution in [1.82, 2.24) is 14.8 Å². The van der Waals surface area contributed by atoms with Crippen molar-refractivity contribution in [2.45, 2.75) is 32.9 Å². The summed E-state index contributed by atoms with van der Waals surface area (Å²) in [4.78, 5) is 0. The van der Waals surface area contributed by atoms with Gasteiger partial charge in [0.2, 0.25) is 0 Å². The van der Waals surface area contributed by atoms with Crippen LogP contribution in [0.1, 0.15) is 26.6 Å². The highest BCUT2D eigenvalue weighted by Gasteiger charge is 2.31. The Balaban J connectivity index is 1.98. The van der Waals surface area contributed by atoms with Crippen molar-refractivity contribution in [3.05, 3.63) is 59.1 Å².